The molecule has 0 spiro atoms. The minimum atomic E-state index is -4.22. The molecule has 0 saturated carbocycles. The van der Waals surface area contributed by atoms with Crippen molar-refractivity contribution in [1.82, 2.24) is 10.2 Å². The fourth-order valence-corrected chi connectivity index (χ4v) is 5.53. The average molecular weight is 558 g/mol. The number of nitrogens with one attached hydrogen (secondary N) is 1. The van der Waals surface area contributed by atoms with Gasteiger partial charge in [0, 0.05) is 19.7 Å². The monoisotopic (exact) mass is 557 g/mol. The number of carbonyl (C=O) groups is 2. The third-order valence-corrected chi connectivity index (χ3v) is 7.95. The normalized spacial score (nSPS) is 11.8. The Kier molecular flexibility index (Phi) is 9.89. The smallest absolute Gasteiger partial charge is 0.264 e. The number of hydrogen-bond acceptors (Lipinski definition) is 6. The summed E-state index contributed by atoms with van der Waals surface area (Å²) in [4.78, 5) is 27.9. The third kappa shape index (κ3) is 6.85. The standard InChI is InChI=1S/C28H32FN3O6S/c1-5-24(28(34)30-2)31(18-20-11-13-21(29)14-12-20)27(33)19-32(39(35,36)23-9-7-6-8-10-23)22-15-16-25(37-3)26(17-22)38-4/h6-17,24H,5,18-19H2,1-4H3,(H,30,34)/t24-/m0/s1. The van der Waals surface area contributed by atoms with E-state index in [0.29, 0.717) is 11.3 Å². The lowest BCUT2D eigenvalue weighted by Crippen LogP contribution is -2.51. The summed E-state index contributed by atoms with van der Waals surface area (Å²) in [6.07, 6.45) is 0.272. The quantitative estimate of drug-likeness (QED) is 0.365. The molecule has 3 rings (SSSR count). The van der Waals surface area contributed by atoms with Crippen LogP contribution in [0.1, 0.15) is 18.9 Å². The Morgan fingerprint density at radius 1 is 0.949 bits per heavy atom. The maximum absolute atomic E-state index is 13.9. The molecule has 0 heterocycles. The predicted octanol–water partition coefficient (Wildman–Crippen LogP) is 3.59. The zero-order valence-corrected chi connectivity index (χ0v) is 23.1. The van der Waals surface area contributed by atoms with Gasteiger partial charge >= 0.3 is 0 Å². The van der Waals surface area contributed by atoms with Crippen LogP contribution in [0.15, 0.2) is 77.7 Å². The molecule has 9 nitrogen and oxygen atoms in total. The van der Waals surface area contributed by atoms with E-state index < -0.39 is 40.2 Å². The predicted molar refractivity (Wildman–Crippen MR) is 146 cm³/mol. The van der Waals surface area contributed by atoms with E-state index in [2.05, 4.69) is 5.32 Å². The van der Waals surface area contributed by atoms with Crippen LogP contribution in [0.25, 0.3) is 0 Å². The molecule has 3 aromatic rings. The minimum absolute atomic E-state index is 0.0176. The van der Waals surface area contributed by atoms with E-state index in [1.165, 1.54) is 74.7 Å². The summed E-state index contributed by atoms with van der Waals surface area (Å²) in [6.45, 7) is 1.11. The number of ether oxygens (including phenoxy) is 2. The number of anilines is 1. The van der Waals surface area contributed by atoms with Gasteiger partial charge in [0.05, 0.1) is 24.8 Å². The highest BCUT2D eigenvalue weighted by Gasteiger charge is 2.33. The summed E-state index contributed by atoms with van der Waals surface area (Å²) < 4.78 is 52.8. The number of carbonyl (C=O) groups excluding carboxylic acids is 2. The number of benzene rings is 3. The Morgan fingerprint density at radius 2 is 1.59 bits per heavy atom. The molecule has 0 aliphatic rings. The number of halogens is 1. The first kappa shape index (κ1) is 29.4. The molecule has 0 aliphatic heterocycles. The van der Waals surface area contributed by atoms with Gasteiger partial charge in [-0.15, -0.1) is 0 Å². The van der Waals surface area contributed by atoms with Crippen LogP contribution in [0.4, 0.5) is 10.1 Å². The number of amides is 2. The van der Waals surface area contributed by atoms with Crippen molar-refractivity contribution in [3.63, 3.8) is 0 Å². The zero-order valence-electron chi connectivity index (χ0n) is 22.3. The van der Waals surface area contributed by atoms with Crippen LogP contribution < -0.4 is 19.1 Å². The van der Waals surface area contributed by atoms with E-state index in [9.17, 15) is 22.4 Å². The van der Waals surface area contributed by atoms with Crippen molar-refractivity contribution in [3.8, 4) is 11.5 Å². The topological polar surface area (TPSA) is 105 Å². The first-order valence-corrected chi connectivity index (χ1v) is 13.7. The molecule has 0 radical (unpaired) electrons. The molecule has 3 aromatic carbocycles. The van der Waals surface area contributed by atoms with Gasteiger partial charge in [0.15, 0.2) is 11.5 Å². The number of hydrogen-bond donors (Lipinski definition) is 1. The fourth-order valence-electron chi connectivity index (χ4n) is 4.10. The number of sulfonamides is 1. The van der Waals surface area contributed by atoms with E-state index in [1.54, 1.807) is 31.2 Å². The van der Waals surface area contributed by atoms with Crippen molar-refractivity contribution < 1.29 is 31.9 Å². The molecule has 0 aromatic heterocycles. The van der Waals surface area contributed by atoms with Gasteiger partial charge in [0.1, 0.15) is 18.4 Å². The first-order valence-electron chi connectivity index (χ1n) is 12.2. The Labute approximate surface area is 228 Å². The largest absolute Gasteiger partial charge is 0.493 e. The maximum atomic E-state index is 13.9. The van der Waals surface area contributed by atoms with Gasteiger partial charge in [0.25, 0.3) is 10.0 Å². The Hall–Kier alpha value is -4.12. The molecule has 0 bridgehead atoms. The Balaban J connectivity index is 2.10. The van der Waals surface area contributed by atoms with Gasteiger partial charge in [-0.2, -0.15) is 0 Å². The molecule has 0 unspecified atom stereocenters. The molecule has 39 heavy (non-hydrogen) atoms. The maximum Gasteiger partial charge on any atom is 0.264 e. The molecule has 2 amide bonds. The molecule has 1 atom stereocenters. The van der Waals surface area contributed by atoms with Crippen LogP contribution in [0, 0.1) is 5.82 Å². The molecule has 0 aliphatic carbocycles. The van der Waals surface area contributed by atoms with Crippen LogP contribution in [0.2, 0.25) is 0 Å². The highest BCUT2D eigenvalue weighted by molar-refractivity contribution is 7.92. The van der Waals surface area contributed by atoms with Gasteiger partial charge in [-0.3, -0.25) is 13.9 Å². The Morgan fingerprint density at radius 3 is 2.15 bits per heavy atom. The van der Waals surface area contributed by atoms with Crippen molar-refractivity contribution in [3.05, 3.63) is 84.2 Å². The third-order valence-electron chi connectivity index (χ3n) is 6.16. The summed E-state index contributed by atoms with van der Waals surface area (Å²) >= 11 is 0. The van der Waals surface area contributed by atoms with Crippen molar-refractivity contribution in [2.45, 2.75) is 30.8 Å². The summed E-state index contributed by atoms with van der Waals surface area (Å²) in [6, 6.07) is 16.9. The van der Waals surface area contributed by atoms with Crippen molar-refractivity contribution in [2.24, 2.45) is 0 Å². The zero-order chi connectivity index (χ0) is 28.6. The second-order valence-electron chi connectivity index (χ2n) is 8.55. The molecule has 208 valence electrons. The number of methoxy groups -OCH3 is 2. The second kappa shape index (κ2) is 13.1. The number of likely N-dealkylation sites (N-methyl/N-ethyl adjacent to an activating group) is 1. The summed E-state index contributed by atoms with van der Waals surface area (Å²) in [5.74, 6) is -0.812. The lowest BCUT2D eigenvalue weighted by atomic mass is 10.1. The number of rotatable bonds is 12. The highest BCUT2D eigenvalue weighted by atomic mass is 32.2. The van der Waals surface area contributed by atoms with Gasteiger partial charge in [-0.05, 0) is 48.4 Å². The highest BCUT2D eigenvalue weighted by Crippen LogP contribution is 2.34. The van der Waals surface area contributed by atoms with Gasteiger partial charge in [0.2, 0.25) is 11.8 Å². The van der Waals surface area contributed by atoms with E-state index >= 15 is 0 Å². The van der Waals surface area contributed by atoms with E-state index in [-0.39, 0.29) is 29.3 Å². The van der Waals surface area contributed by atoms with Crippen LogP contribution >= 0.6 is 0 Å². The molecular weight excluding hydrogens is 525 g/mol. The fraction of sp³-hybridized carbons (Fsp3) is 0.286. The van der Waals surface area contributed by atoms with Crippen LogP contribution in [0.3, 0.4) is 0 Å². The van der Waals surface area contributed by atoms with Crippen LogP contribution in [-0.2, 0) is 26.2 Å². The van der Waals surface area contributed by atoms with Crippen LogP contribution in [-0.4, -0.2) is 59.0 Å². The molecule has 11 heteroatoms. The van der Waals surface area contributed by atoms with E-state index in [0.717, 1.165) is 4.31 Å². The lowest BCUT2D eigenvalue weighted by Gasteiger charge is -2.33. The van der Waals surface area contributed by atoms with Gasteiger partial charge in [-0.25, -0.2) is 12.8 Å². The average Bonchev–Trinajstić information content (AvgIpc) is 2.96. The number of nitrogens with zero attached hydrogens (tertiary/aromatic N) is 2. The first-order chi connectivity index (χ1) is 18.7. The van der Waals surface area contributed by atoms with Crippen LogP contribution in [0.5, 0.6) is 11.5 Å². The lowest BCUT2D eigenvalue weighted by molar-refractivity contribution is -0.140. The SMILES string of the molecule is CC[C@@H](C(=O)NC)N(Cc1ccc(F)cc1)C(=O)CN(c1ccc(OC)c(OC)c1)S(=O)(=O)c1ccccc1. The minimum Gasteiger partial charge on any atom is -0.493 e. The van der Waals surface area contributed by atoms with E-state index in [4.69, 9.17) is 9.47 Å². The molecule has 0 saturated heterocycles. The molecule has 0 fully saturated rings. The summed E-state index contributed by atoms with van der Waals surface area (Å²) in [5, 5.41) is 2.56. The van der Waals surface area contributed by atoms with E-state index in [1.807, 2.05) is 0 Å². The summed E-state index contributed by atoms with van der Waals surface area (Å²) in [7, 11) is 0.109. The molecule has 1 N–H and O–H groups in total. The molecular formula is C28H32FN3O6S. The Bertz CT molecular complexity index is 1380. The van der Waals surface area contributed by atoms with Crippen molar-refractivity contribution in [1.29, 1.82) is 0 Å². The van der Waals surface area contributed by atoms with Crippen molar-refractivity contribution in [2.75, 3.05) is 32.1 Å². The van der Waals surface area contributed by atoms with Gasteiger partial charge < -0.3 is 19.7 Å². The second-order valence-corrected chi connectivity index (χ2v) is 10.4. The van der Waals surface area contributed by atoms with Crippen molar-refractivity contribution >= 4 is 27.5 Å². The summed E-state index contributed by atoms with van der Waals surface area (Å²) in [5.41, 5.74) is 0.746. The van der Waals surface area contributed by atoms with Gasteiger partial charge in [-0.1, -0.05) is 37.3 Å².